The van der Waals surface area contributed by atoms with Crippen LogP contribution < -0.4 is 16.6 Å². The van der Waals surface area contributed by atoms with E-state index in [-0.39, 0.29) is 11.2 Å². The highest BCUT2D eigenvalue weighted by Gasteiger charge is 2.17. The van der Waals surface area contributed by atoms with E-state index in [1.807, 2.05) is 0 Å². The normalized spacial score (nSPS) is 16.1. The van der Waals surface area contributed by atoms with Crippen molar-refractivity contribution in [2.24, 2.45) is 14.1 Å². The predicted octanol–water partition coefficient (Wildman–Crippen LogP) is -0.274. The zero-order valence-corrected chi connectivity index (χ0v) is 9.69. The minimum atomic E-state index is -0.280. The third-order valence-corrected chi connectivity index (χ3v) is 3.20. The van der Waals surface area contributed by atoms with E-state index in [0.29, 0.717) is 18.2 Å². The summed E-state index contributed by atoms with van der Waals surface area (Å²) in [7, 11) is 3.17. The molecule has 0 spiro atoms. The standard InChI is InChI=1S/C11H17N3O2/c1-13-7-8(6-12-9-4-3-5-9)10(15)14(2)11(13)16/h7,9,12H,3-6H2,1-2H3. The largest absolute Gasteiger partial charge is 0.330 e. The summed E-state index contributed by atoms with van der Waals surface area (Å²) in [5, 5.41) is 3.32. The van der Waals surface area contributed by atoms with Gasteiger partial charge in [-0.2, -0.15) is 0 Å². The van der Waals surface area contributed by atoms with Gasteiger partial charge in [0.05, 0.1) is 0 Å². The lowest BCUT2D eigenvalue weighted by Gasteiger charge is -2.26. The molecule has 0 radical (unpaired) electrons. The first-order chi connectivity index (χ1) is 7.59. The number of rotatable bonds is 3. The van der Waals surface area contributed by atoms with Gasteiger partial charge in [0, 0.05) is 38.4 Å². The molecule has 0 unspecified atom stereocenters. The van der Waals surface area contributed by atoms with Crippen molar-refractivity contribution in [2.75, 3.05) is 0 Å². The molecule has 1 N–H and O–H groups in total. The Labute approximate surface area is 93.7 Å². The second kappa shape index (κ2) is 4.25. The van der Waals surface area contributed by atoms with Gasteiger partial charge in [0.1, 0.15) is 0 Å². The maximum atomic E-state index is 11.8. The van der Waals surface area contributed by atoms with Gasteiger partial charge in [-0.25, -0.2) is 4.79 Å². The quantitative estimate of drug-likeness (QED) is 0.767. The van der Waals surface area contributed by atoms with Gasteiger partial charge < -0.3 is 9.88 Å². The lowest BCUT2D eigenvalue weighted by Crippen LogP contribution is -2.41. The summed E-state index contributed by atoms with van der Waals surface area (Å²) in [6.45, 7) is 0.547. The monoisotopic (exact) mass is 223 g/mol. The van der Waals surface area contributed by atoms with E-state index in [0.717, 1.165) is 4.57 Å². The summed E-state index contributed by atoms with van der Waals surface area (Å²) < 4.78 is 2.59. The van der Waals surface area contributed by atoms with Gasteiger partial charge in [0.15, 0.2) is 0 Å². The Bertz CT molecular complexity index is 497. The first-order valence-electron chi connectivity index (χ1n) is 5.58. The van der Waals surface area contributed by atoms with Crippen molar-refractivity contribution in [3.8, 4) is 0 Å². The van der Waals surface area contributed by atoms with Crippen molar-refractivity contribution in [3.63, 3.8) is 0 Å². The van der Waals surface area contributed by atoms with Crippen molar-refractivity contribution in [3.05, 3.63) is 32.6 Å². The van der Waals surface area contributed by atoms with E-state index in [1.54, 1.807) is 13.2 Å². The third kappa shape index (κ3) is 1.95. The molecule has 0 saturated heterocycles. The fraction of sp³-hybridized carbons (Fsp3) is 0.636. The van der Waals surface area contributed by atoms with Crippen LogP contribution in [0.4, 0.5) is 0 Å². The molecule has 5 heteroatoms. The van der Waals surface area contributed by atoms with Gasteiger partial charge in [-0.3, -0.25) is 9.36 Å². The van der Waals surface area contributed by atoms with Crippen LogP contribution in [-0.4, -0.2) is 15.2 Å². The summed E-state index contributed by atoms with van der Waals surface area (Å²) in [5.41, 5.74) is 0.170. The lowest BCUT2D eigenvalue weighted by molar-refractivity contribution is 0.337. The van der Waals surface area contributed by atoms with Crippen LogP contribution in [0.5, 0.6) is 0 Å². The summed E-state index contributed by atoms with van der Waals surface area (Å²) in [6.07, 6.45) is 5.26. The first-order valence-corrected chi connectivity index (χ1v) is 5.58. The Kier molecular flexibility index (Phi) is 2.96. The zero-order chi connectivity index (χ0) is 11.7. The second-order valence-corrected chi connectivity index (χ2v) is 4.42. The number of aryl methyl sites for hydroxylation is 1. The van der Waals surface area contributed by atoms with Crippen LogP contribution in [0.15, 0.2) is 15.8 Å². The molecule has 88 valence electrons. The maximum absolute atomic E-state index is 11.8. The molecule has 1 aliphatic carbocycles. The number of hydrogen-bond acceptors (Lipinski definition) is 3. The van der Waals surface area contributed by atoms with Crippen LogP contribution in [-0.2, 0) is 20.6 Å². The molecule has 1 fully saturated rings. The molecule has 1 aliphatic rings. The average Bonchev–Trinajstić information content (AvgIpc) is 2.20. The van der Waals surface area contributed by atoms with Crippen molar-refractivity contribution in [2.45, 2.75) is 31.8 Å². The summed E-state index contributed by atoms with van der Waals surface area (Å²) in [4.78, 5) is 23.2. The van der Waals surface area contributed by atoms with Gasteiger partial charge in [-0.15, -0.1) is 0 Å². The fourth-order valence-corrected chi connectivity index (χ4v) is 1.87. The van der Waals surface area contributed by atoms with Crippen LogP contribution in [0.2, 0.25) is 0 Å². The Balaban J connectivity index is 2.20. The van der Waals surface area contributed by atoms with E-state index >= 15 is 0 Å². The third-order valence-electron chi connectivity index (χ3n) is 3.20. The van der Waals surface area contributed by atoms with E-state index in [1.165, 1.54) is 30.9 Å². The predicted molar refractivity (Wildman–Crippen MR) is 61.4 cm³/mol. The summed E-state index contributed by atoms with van der Waals surface area (Å²) in [6, 6.07) is 0.543. The van der Waals surface area contributed by atoms with Crippen LogP contribution >= 0.6 is 0 Å². The van der Waals surface area contributed by atoms with Gasteiger partial charge in [0.25, 0.3) is 5.56 Å². The maximum Gasteiger partial charge on any atom is 0.330 e. The molecule has 0 aromatic carbocycles. The minimum Gasteiger partial charge on any atom is -0.310 e. The number of nitrogens with one attached hydrogen (secondary N) is 1. The van der Waals surface area contributed by atoms with Gasteiger partial charge in [-0.05, 0) is 12.8 Å². The Morgan fingerprint density at radius 2 is 2.06 bits per heavy atom. The Morgan fingerprint density at radius 3 is 2.62 bits per heavy atom. The van der Waals surface area contributed by atoms with E-state index in [9.17, 15) is 9.59 Å². The average molecular weight is 223 g/mol. The van der Waals surface area contributed by atoms with Gasteiger partial charge in [-0.1, -0.05) is 6.42 Å². The molecule has 0 aliphatic heterocycles. The van der Waals surface area contributed by atoms with E-state index < -0.39 is 0 Å². The van der Waals surface area contributed by atoms with Crippen molar-refractivity contribution in [1.29, 1.82) is 0 Å². The molecule has 1 heterocycles. The first kappa shape index (κ1) is 11.1. The van der Waals surface area contributed by atoms with Crippen LogP contribution in [0, 0.1) is 0 Å². The summed E-state index contributed by atoms with van der Waals surface area (Å²) >= 11 is 0. The van der Waals surface area contributed by atoms with Gasteiger partial charge in [0.2, 0.25) is 0 Å². The van der Waals surface area contributed by atoms with Gasteiger partial charge >= 0.3 is 5.69 Å². The molecule has 2 rings (SSSR count). The molecule has 5 nitrogen and oxygen atoms in total. The zero-order valence-electron chi connectivity index (χ0n) is 9.69. The molecule has 16 heavy (non-hydrogen) atoms. The smallest absolute Gasteiger partial charge is 0.310 e. The second-order valence-electron chi connectivity index (χ2n) is 4.42. The molecule has 0 bridgehead atoms. The molecule has 1 aromatic rings. The van der Waals surface area contributed by atoms with E-state index in [2.05, 4.69) is 5.32 Å². The minimum absolute atomic E-state index is 0.199. The molecule has 0 amide bonds. The highest BCUT2D eigenvalue weighted by atomic mass is 16.2. The lowest BCUT2D eigenvalue weighted by atomic mass is 9.93. The SMILES string of the molecule is Cn1cc(CNC2CCC2)c(=O)n(C)c1=O. The fourth-order valence-electron chi connectivity index (χ4n) is 1.87. The molecule has 1 aromatic heterocycles. The van der Waals surface area contributed by atoms with Crippen LogP contribution in [0.1, 0.15) is 24.8 Å². The highest BCUT2D eigenvalue weighted by Crippen LogP contribution is 2.18. The molecule has 0 atom stereocenters. The van der Waals surface area contributed by atoms with Crippen LogP contribution in [0.25, 0.3) is 0 Å². The number of nitrogens with zero attached hydrogens (tertiary/aromatic N) is 2. The van der Waals surface area contributed by atoms with Crippen molar-refractivity contribution in [1.82, 2.24) is 14.5 Å². The van der Waals surface area contributed by atoms with E-state index in [4.69, 9.17) is 0 Å². The molecular weight excluding hydrogens is 206 g/mol. The highest BCUT2D eigenvalue weighted by molar-refractivity contribution is 5.05. The number of aromatic nitrogens is 2. The molecule has 1 saturated carbocycles. The summed E-state index contributed by atoms with van der Waals surface area (Å²) in [5.74, 6) is 0. The number of hydrogen-bond donors (Lipinski definition) is 1. The topological polar surface area (TPSA) is 56.0 Å². The Morgan fingerprint density at radius 1 is 1.38 bits per heavy atom. The Hall–Kier alpha value is -1.36. The van der Waals surface area contributed by atoms with Crippen LogP contribution in [0.3, 0.4) is 0 Å². The van der Waals surface area contributed by atoms with Crippen molar-refractivity contribution >= 4 is 0 Å². The molecular formula is C11H17N3O2. The van der Waals surface area contributed by atoms with Crippen molar-refractivity contribution < 1.29 is 0 Å².